The van der Waals surface area contributed by atoms with E-state index in [0.29, 0.717) is 51.9 Å². The number of nitrogens with one attached hydrogen (secondary N) is 1. The molecule has 0 bridgehead atoms. The summed E-state index contributed by atoms with van der Waals surface area (Å²) in [6.45, 7) is 0.646. The van der Waals surface area contributed by atoms with Crippen LogP contribution in [-0.2, 0) is 16.0 Å². The summed E-state index contributed by atoms with van der Waals surface area (Å²) >= 11 is 12.1. The third kappa shape index (κ3) is 4.68. The maximum Gasteiger partial charge on any atom is 0.428 e. The van der Waals surface area contributed by atoms with Gasteiger partial charge in [-0.1, -0.05) is 47.5 Å². The summed E-state index contributed by atoms with van der Waals surface area (Å²) in [5.41, 5.74) is 3.85. The standard InChI is InChI=1S/C25H21Cl2N3O4/c1-30(11-2-12-34-15-31)24(32)22-20(13-16-3-7-18(26)8-4-16)23(17-5-9-19(27)10-6-17)28-14-21(22)29-25(30)33/h3-10,14-15H,2,11-13H2,1H3/p+1. The van der Waals surface area contributed by atoms with E-state index in [1.165, 1.54) is 6.20 Å². The number of hydrogen-bond donors (Lipinski definition) is 1. The maximum absolute atomic E-state index is 13.8. The number of carbonyl (C=O) groups excluding carboxylic acids is 3. The van der Waals surface area contributed by atoms with Crippen molar-refractivity contribution in [2.75, 3.05) is 25.5 Å². The number of aromatic nitrogens is 1. The Hall–Kier alpha value is -3.26. The molecule has 34 heavy (non-hydrogen) atoms. The number of imide groups is 1. The number of hydrogen-bond acceptors (Lipinski definition) is 5. The molecule has 2 aromatic carbocycles. The van der Waals surface area contributed by atoms with E-state index in [1.54, 1.807) is 31.3 Å². The minimum atomic E-state index is -0.493. The molecule has 1 unspecified atom stereocenters. The summed E-state index contributed by atoms with van der Waals surface area (Å²) in [6.07, 6.45) is 2.27. The zero-order valence-electron chi connectivity index (χ0n) is 18.4. The Bertz CT molecular complexity index is 1250. The predicted octanol–water partition coefficient (Wildman–Crippen LogP) is 5.34. The molecule has 1 aromatic heterocycles. The quantitative estimate of drug-likeness (QED) is 0.257. The summed E-state index contributed by atoms with van der Waals surface area (Å²) in [6, 6.07) is 14.1. The Kier molecular flexibility index (Phi) is 6.97. The molecule has 1 aliphatic heterocycles. The molecular formula is C25H22Cl2N3O4+. The van der Waals surface area contributed by atoms with Gasteiger partial charge >= 0.3 is 11.9 Å². The van der Waals surface area contributed by atoms with Crippen LogP contribution in [0.4, 0.5) is 10.5 Å². The van der Waals surface area contributed by atoms with Crippen LogP contribution in [0.1, 0.15) is 27.9 Å². The molecule has 4 rings (SSSR count). The third-order valence-electron chi connectivity index (χ3n) is 5.88. The number of anilines is 1. The van der Waals surface area contributed by atoms with Crippen molar-refractivity contribution in [2.45, 2.75) is 12.8 Å². The molecule has 0 saturated heterocycles. The molecular weight excluding hydrogens is 477 g/mol. The van der Waals surface area contributed by atoms with Gasteiger partial charge in [0.2, 0.25) is 0 Å². The number of halogens is 2. The van der Waals surface area contributed by atoms with Crippen LogP contribution < -0.4 is 5.32 Å². The monoisotopic (exact) mass is 498 g/mol. The van der Waals surface area contributed by atoms with Crippen LogP contribution in [0, 0.1) is 0 Å². The van der Waals surface area contributed by atoms with E-state index < -0.39 is 10.5 Å². The summed E-state index contributed by atoms with van der Waals surface area (Å²) in [4.78, 5) is 41.8. The fourth-order valence-electron chi connectivity index (χ4n) is 4.02. The number of urea groups is 1. The lowest BCUT2D eigenvalue weighted by molar-refractivity contribution is -0.743. The smallest absolute Gasteiger partial charge is 0.428 e. The molecule has 3 amide bonds. The average molecular weight is 499 g/mol. The fourth-order valence-corrected chi connectivity index (χ4v) is 4.27. The van der Waals surface area contributed by atoms with Crippen LogP contribution in [0.3, 0.4) is 0 Å². The van der Waals surface area contributed by atoms with Gasteiger partial charge in [0.25, 0.3) is 6.47 Å². The summed E-state index contributed by atoms with van der Waals surface area (Å²) < 4.78 is 4.25. The van der Waals surface area contributed by atoms with Gasteiger partial charge in [0.1, 0.15) is 5.56 Å². The topological polar surface area (TPSA) is 85.4 Å². The minimum absolute atomic E-state index is 0.120. The van der Waals surface area contributed by atoms with Crippen molar-refractivity contribution in [3.05, 3.63) is 81.5 Å². The van der Waals surface area contributed by atoms with Gasteiger partial charge in [0.15, 0.2) is 0 Å². The number of nitrogens with zero attached hydrogens (tertiary/aromatic N) is 2. The number of ether oxygens (including phenoxy) is 1. The van der Waals surface area contributed by atoms with E-state index in [4.69, 9.17) is 27.9 Å². The minimum Gasteiger partial charge on any atom is -0.468 e. The fraction of sp³-hybridized carbons (Fsp3) is 0.200. The highest BCUT2D eigenvalue weighted by atomic mass is 35.5. The first-order valence-corrected chi connectivity index (χ1v) is 11.4. The lowest BCUT2D eigenvalue weighted by atomic mass is 9.92. The Balaban J connectivity index is 1.83. The van der Waals surface area contributed by atoms with Crippen molar-refractivity contribution in [1.82, 2.24) is 4.98 Å². The Morgan fingerprint density at radius 3 is 2.32 bits per heavy atom. The highest BCUT2D eigenvalue weighted by Gasteiger charge is 2.47. The molecule has 0 radical (unpaired) electrons. The van der Waals surface area contributed by atoms with E-state index in [1.807, 2.05) is 24.3 Å². The Morgan fingerprint density at radius 2 is 1.68 bits per heavy atom. The molecule has 0 saturated carbocycles. The second kappa shape index (κ2) is 9.93. The number of pyridine rings is 1. The lowest BCUT2D eigenvalue weighted by Gasteiger charge is -2.34. The molecule has 1 atom stereocenters. The largest absolute Gasteiger partial charge is 0.468 e. The number of quaternary nitrogens is 1. The van der Waals surface area contributed by atoms with Gasteiger partial charge in [-0.2, -0.15) is 4.48 Å². The highest BCUT2D eigenvalue weighted by Crippen LogP contribution is 2.36. The lowest BCUT2D eigenvalue weighted by Crippen LogP contribution is -2.59. The Labute approximate surface area is 206 Å². The van der Waals surface area contributed by atoms with Gasteiger partial charge in [0, 0.05) is 34.0 Å². The zero-order valence-corrected chi connectivity index (χ0v) is 19.9. The van der Waals surface area contributed by atoms with Crippen molar-refractivity contribution in [3.63, 3.8) is 0 Å². The van der Waals surface area contributed by atoms with E-state index >= 15 is 0 Å². The molecule has 0 aliphatic carbocycles. The molecule has 9 heteroatoms. The second-order valence-corrected chi connectivity index (χ2v) is 9.03. The normalized spacial score (nSPS) is 17.1. The molecule has 7 nitrogen and oxygen atoms in total. The van der Waals surface area contributed by atoms with Crippen LogP contribution in [-0.4, -0.2) is 48.1 Å². The number of rotatable bonds is 8. The van der Waals surface area contributed by atoms with Crippen LogP contribution in [0.15, 0.2) is 54.7 Å². The first kappa shape index (κ1) is 23.9. The number of benzene rings is 2. The van der Waals surface area contributed by atoms with E-state index in [9.17, 15) is 14.4 Å². The maximum atomic E-state index is 13.8. The first-order chi connectivity index (χ1) is 16.3. The van der Waals surface area contributed by atoms with Gasteiger partial charge in [-0.15, -0.1) is 0 Å². The molecule has 2 heterocycles. The Morgan fingerprint density at radius 1 is 1.03 bits per heavy atom. The molecule has 1 N–H and O–H groups in total. The summed E-state index contributed by atoms with van der Waals surface area (Å²) in [7, 11) is 1.57. The van der Waals surface area contributed by atoms with Crippen molar-refractivity contribution >= 4 is 47.3 Å². The predicted molar refractivity (Wildman–Crippen MR) is 130 cm³/mol. The van der Waals surface area contributed by atoms with Crippen molar-refractivity contribution in [3.8, 4) is 11.3 Å². The molecule has 3 aromatic rings. The van der Waals surface area contributed by atoms with E-state index in [2.05, 4.69) is 10.3 Å². The van der Waals surface area contributed by atoms with Gasteiger partial charge in [-0.25, -0.2) is 9.59 Å². The van der Waals surface area contributed by atoms with Crippen molar-refractivity contribution in [2.24, 2.45) is 0 Å². The molecule has 174 valence electrons. The van der Waals surface area contributed by atoms with E-state index in [0.717, 1.165) is 11.1 Å². The number of fused-ring (bicyclic) bond motifs is 1. The molecule has 0 fully saturated rings. The average Bonchev–Trinajstić information content (AvgIpc) is 2.83. The molecule has 0 spiro atoms. The van der Waals surface area contributed by atoms with Gasteiger partial charge in [0.05, 0.1) is 37.8 Å². The second-order valence-electron chi connectivity index (χ2n) is 8.16. The van der Waals surface area contributed by atoms with Crippen LogP contribution >= 0.6 is 23.2 Å². The molecule has 1 aliphatic rings. The number of amides is 3. The van der Waals surface area contributed by atoms with E-state index in [-0.39, 0.29) is 19.1 Å². The van der Waals surface area contributed by atoms with Gasteiger partial charge in [-0.05, 0) is 29.8 Å². The van der Waals surface area contributed by atoms with Crippen molar-refractivity contribution < 1.29 is 23.6 Å². The van der Waals surface area contributed by atoms with Crippen LogP contribution in [0.25, 0.3) is 11.3 Å². The first-order valence-electron chi connectivity index (χ1n) is 10.6. The van der Waals surface area contributed by atoms with Gasteiger partial charge < -0.3 is 4.74 Å². The van der Waals surface area contributed by atoms with Crippen LogP contribution in [0.2, 0.25) is 10.0 Å². The van der Waals surface area contributed by atoms with Crippen molar-refractivity contribution in [1.29, 1.82) is 0 Å². The van der Waals surface area contributed by atoms with Crippen LogP contribution in [0.5, 0.6) is 0 Å². The number of carbonyl (C=O) groups is 3. The zero-order chi connectivity index (χ0) is 24.3. The third-order valence-corrected chi connectivity index (χ3v) is 6.38. The van der Waals surface area contributed by atoms with Gasteiger partial charge in [-0.3, -0.25) is 15.1 Å². The SMILES string of the molecule is C[N+]1(CCCOC=O)C(=O)Nc2cnc(-c3ccc(Cl)cc3)c(Cc3ccc(Cl)cc3)c2C1=O. The summed E-state index contributed by atoms with van der Waals surface area (Å²) in [5, 5.41) is 4.04. The highest BCUT2D eigenvalue weighted by molar-refractivity contribution is 6.30. The summed E-state index contributed by atoms with van der Waals surface area (Å²) in [5.74, 6) is -0.341.